The summed E-state index contributed by atoms with van der Waals surface area (Å²) in [6.45, 7) is 2.92. The molecule has 1 aliphatic heterocycles. The lowest BCUT2D eigenvalue weighted by Crippen LogP contribution is -2.25. The molecule has 1 heterocycles. The fraction of sp³-hybridized carbons (Fsp3) is 0.533. The van der Waals surface area contributed by atoms with Gasteiger partial charge in [0, 0.05) is 13.1 Å². The lowest BCUT2D eigenvalue weighted by Gasteiger charge is -2.22. The Labute approximate surface area is 113 Å². The molecule has 0 atom stereocenters. The number of hydrogen-bond donors (Lipinski definition) is 0. The summed E-state index contributed by atoms with van der Waals surface area (Å²) in [6, 6.07) is 8.50. The maximum atomic E-state index is 9.12. The summed E-state index contributed by atoms with van der Waals surface area (Å²) >= 11 is 0. The minimum absolute atomic E-state index is 0.0808. The van der Waals surface area contributed by atoms with Crippen molar-refractivity contribution >= 4 is 0 Å². The van der Waals surface area contributed by atoms with Crippen molar-refractivity contribution in [1.82, 2.24) is 4.90 Å². The van der Waals surface area contributed by atoms with Gasteiger partial charge in [0.15, 0.2) is 11.5 Å². The molecule has 0 saturated heterocycles. The van der Waals surface area contributed by atoms with E-state index in [1.165, 1.54) is 5.56 Å². The number of rotatable bonds is 4. The van der Waals surface area contributed by atoms with Crippen molar-refractivity contribution in [1.29, 1.82) is 5.26 Å². The molecule has 100 valence electrons. The van der Waals surface area contributed by atoms with E-state index >= 15 is 0 Å². The van der Waals surface area contributed by atoms with Gasteiger partial charge in [0.2, 0.25) is 0 Å². The predicted molar refractivity (Wildman–Crippen MR) is 71.0 cm³/mol. The molecule has 0 spiro atoms. The second-order valence-electron chi connectivity index (χ2n) is 5.54. The van der Waals surface area contributed by atoms with Gasteiger partial charge in [0.25, 0.3) is 0 Å². The van der Waals surface area contributed by atoms with Crippen molar-refractivity contribution in [3.8, 4) is 17.6 Å². The van der Waals surface area contributed by atoms with Crippen LogP contribution in [0.1, 0.15) is 18.4 Å². The van der Waals surface area contributed by atoms with Crippen LogP contribution in [0.25, 0.3) is 0 Å². The number of nitriles is 1. The van der Waals surface area contributed by atoms with Crippen molar-refractivity contribution in [2.45, 2.75) is 19.4 Å². The SMILES string of the molecule is CN(Cc1ccc2c(c1)OCCO2)CC1(C#N)CC1. The fourth-order valence-electron chi connectivity index (χ4n) is 2.53. The maximum absolute atomic E-state index is 9.12. The first kappa shape index (κ1) is 12.3. The molecule has 1 aromatic rings. The van der Waals surface area contributed by atoms with Crippen LogP contribution in [-0.2, 0) is 6.54 Å². The Morgan fingerprint density at radius 2 is 2.00 bits per heavy atom. The number of ether oxygens (including phenoxy) is 2. The van der Waals surface area contributed by atoms with Gasteiger partial charge in [-0.3, -0.25) is 0 Å². The zero-order valence-corrected chi connectivity index (χ0v) is 11.2. The molecule has 0 bridgehead atoms. The average molecular weight is 258 g/mol. The van der Waals surface area contributed by atoms with Gasteiger partial charge in [-0.05, 0) is 37.6 Å². The standard InChI is InChI=1S/C15H18N2O2/c1-17(11-15(10-16)4-5-15)9-12-2-3-13-14(8-12)19-7-6-18-13/h2-3,8H,4-7,9,11H2,1H3. The van der Waals surface area contributed by atoms with Crippen LogP contribution in [-0.4, -0.2) is 31.7 Å². The molecule has 1 aliphatic carbocycles. The van der Waals surface area contributed by atoms with E-state index in [0.717, 1.165) is 37.4 Å². The number of nitrogens with zero attached hydrogens (tertiary/aromatic N) is 2. The lowest BCUT2D eigenvalue weighted by molar-refractivity contribution is 0.171. The highest BCUT2D eigenvalue weighted by Crippen LogP contribution is 2.45. The topological polar surface area (TPSA) is 45.5 Å². The van der Waals surface area contributed by atoms with Gasteiger partial charge in [-0.2, -0.15) is 5.26 Å². The monoisotopic (exact) mass is 258 g/mol. The Morgan fingerprint density at radius 3 is 2.68 bits per heavy atom. The minimum atomic E-state index is -0.0808. The van der Waals surface area contributed by atoms with Gasteiger partial charge in [0.1, 0.15) is 13.2 Å². The number of benzene rings is 1. The molecule has 4 heteroatoms. The summed E-state index contributed by atoms with van der Waals surface area (Å²) in [5.74, 6) is 1.66. The van der Waals surface area contributed by atoms with Crippen molar-refractivity contribution in [3.63, 3.8) is 0 Å². The van der Waals surface area contributed by atoms with Crippen molar-refractivity contribution in [3.05, 3.63) is 23.8 Å². The molecule has 2 aliphatic rings. The largest absolute Gasteiger partial charge is 0.486 e. The molecule has 1 fully saturated rings. The first-order valence-corrected chi connectivity index (χ1v) is 6.69. The zero-order valence-electron chi connectivity index (χ0n) is 11.2. The summed E-state index contributed by atoms with van der Waals surface area (Å²) in [5.41, 5.74) is 1.11. The molecule has 3 rings (SSSR count). The van der Waals surface area contributed by atoms with Crippen LogP contribution in [0.3, 0.4) is 0 Å². The summed E-state index contributed by atoms with van der Waals surface area (Å²) in [5, 5.41) is 9.12. The average Bonchev–Trinajstić information content (AvgIpc) is 3.19. The normalized spacial score (nSPS) is 19.0. The number of fused-ring (bicyclic) bond motifs is 1. The first-order valence-electron chi connectivity index (χ1n) is 6.69. The highest BCUT2D eigenvalue weighted by molar-refractivity contribution is 5.43. The van der Waals surface area contributed by atoms with Crippen molar-refractivity contribution < 1.29 is 9.47 Å². The van der Waals surface area contributed by atoms with E-state index in [-0.39, 0.29) is 5.41 Å². The summed E-state index contributed by atoms with van der Waals surface area (Å²) < 4.78 is 11.1. The highest BCUT2D eigenvalue weighted by atomic mass is 16.6. The molecule has 0 radical (unpaired) electrons. The second-order valence-corrected chi connectivity index (χ2v) is 5.54. The Kier molecular flexibility index (Phi) is 3.08. The Balaban J connectivity index is 1.65. The molecule has 1 aromatic carbocycles. The van der Waals surface area contributed by atoms with Crippen molar-refractivity contribution in [2.75, 3.05) is 26.8 Å². The third kappa shape index (κ3) is 2.66. The van der Waals surface area contributed by atoms with Crippen LogP contribution in [0, 0.1) is 16.7 Å². The molecule has 0 amide bonds. The quantitative estimate of drug-likeness (QED) is 0.830. The van der Waals surface area contributed by atoms with Crippen LogP contribution < -0.4 is 9.47 Å². The molecule has 0 N–H and O–H groups in total. The first-order chi connectivity index (χ1) is 9.21. The molecule has 19 heavy (non-hydrogen) atoms. The van der Waals surface area contributed by atoms with Crippen LogP contribution in [0.15, 0.2) is 18.2 Å². The highest BCUT2D eigenvalue weighted by Gasteiger charge is 2.43. The second kappa shape index (κ2) is 4.75. The molecular formula is C15H18N2O2. The molecule has 0 aromatic heterocycles. The van der Waals surface area contributed by atoms with E-state index in [1.54, 1.807) is 0 Å². The minimum Gasteiger partial charge on any atom is -0.486 e. The smallest absolute Gasteiger partial charge is 0.161 e. The Morgan fingerprint density at radius 1 is 1.26 bits per heavy atom. The van der Waals surface area contributed by atoms with E-state index in [9.17, 15) is 0 Å². The van der Waals surface area contributed by atoms with Crippen LogP contribution in [0.5, 0.6) is 11.5 Å². The van der Waals surface area contributed by atoms with E-state index in [4.69, 9.17) is 14.7 Å². The van der Waals surface area contributed by atoms with Gasteiger partial charge in [-0.1, -0.05) is 6.07 Å². The van der Waals surface area contributed by atoms with E-state index in [1.807, 2.05) is 12.1 Å². The molecular weight excluding hydrogens is 240 g/mol. The van der Waals surface area contributed by atoms with Gasteiger partial charge >= 0.3 is 0 Å². The van der Waals surface area contributed by atoms with Crippen molar-refractivity contribution in [2.24, 2.45) is 5.41 Å². The van der Waals surface area contributed by atoms with E-state index < -0.39 is 0 Å². The van der Waals surface area contributed by atoms with Crippen LogP contribution in [0.4, 0.5) is 0 Å². The third-order valence-electron chi connectivity index (χ3n) is 3.72. The third-order valence-corrected chi connectivity index (χ3v) is 3.72. The van der Waals surface area contributed by atoms with Gasteiger partial charge in [-0.25, -0.2) is 0 Å². The van der Waals surface area contributed by atoms with E-state index in [0.29, 0.717) is 13.2 Å². The van der Waals surface area contributed by atoms with Gasteiger partial charge in [-0.15, -0.1) is 0 Å². The molecule has 4 nitrogen and oxygen atoms in total. The van der Waals surface area contributed by atoms with Gasteiger partial charge < -0.3 is 14.4 Å². The molecule has 0 unspecified atom stereocenters. The Bertz CT molecular complexity index is 517. The summed E-state index contributed by atoms with van der Waals surface area (Å²) in [6.07, 6.45) is 2.07. The number of hydrogen-bond acceptors (Lipinski definition) is 4. The fourth-order valence-corrected chi connectivity index (χ4v) is 2.53. The summed E-state index contributed by atoms with van der Waals surface area (Å²) in [7, 11) is 2.06. The van der Waals surface area contributed by atoms with Gasteiger partial charge in [0.05, 0.1) is 11.5 Å². The van der Waals surface area contributed by atoms with Crippen LogP contribution in [0.2, 0.25) is 0 Å². The Hall–Kier alpha value is -1.73. The maximum Gasteiger partial charge on any atom is 0.161 e. The predicted octanol–water partition coefficient (Wildman–Crippen LogP) is 2.19. The van der Waals surface area contributed by atoms with Crippen LogP contribution >= 0.6 is 0 Å². The van der Waals surface area contributed by atoms with E-state index in [2.05, 4.69) is 24.1 Å². The summed E-state index contributed by atoms with van der Waals surface area (Å²) in [4.78, 5) is 2.21. The molecule has 1 saturated carbocycles. The zero-order chi connectivity index (χ0) is 13.3. The lowest BCUT2D eigenvalue weighted by atomic mass is 10.1.